The van der Waals surface area contributed by atoms with Crippen molar-refractivity contribution in [3.05, 3.63) is 24.3 Å². The van der Waals surface area contributed by atoms with E-state index in [1.54, 1.807) is 0 Å². The Balaban J connectivity index is 2.11. The smallest absolute Gasteiger partial charge is 0.181 e. The van der Waals surface area contributed by atoms with Gasteiger partial charge in [-0.15, -0.1) is 0 Å². The molecule has 0 aliphatic rings. The van der Waals surface area contributed by atoms with Crippen LogP contribution in [0.5, 0.6) is 5.75 Å². The van der Waals surface area contributed by atoms with Crippen LogP contribution >= 0.6 is 0 Å². The first kappa shape index (κ1) is 17.8. The van der Waals surface area contributed by atoms with Crippen LogP contribution < -0.4 is 15.4 Å². The van der Waals surface area contributed by atoms with E-state index in [9.17, 15) is 5.11 Å². The number of aliphatic hydroxyl groups is 1. The summed E-state index contributed by atoms with van der Waals surface area (Å²) >= 11 is 0. The van der Waals surface area contributed by atoms with Crippen LogP contribution in [0.3, 0.4) is 0 Å². The number of anilines is 1. The van der Waals surface area contributed by atoms with Crippen LogP contribution in [0.15, 0.2) is 24.3 Å². The Kier molecular flexibility index (Phi) is 9.66. The fourth-order valence-electron chi connectivity index (χ4n) is 2.17. The molecule has 0 amide bonds. The lowest BCUT2D eigenvalue weighted by atomic mass is 10.1. The summed E-state index contributed by atoms with van der Waals surface area (Å²) in [6, 6.07) is 7.60. The van der Waals surface area contributed by atoms with Gasteiger partial charge in [0.15, 0.2) is 6.35 Å². The molecule has 3 N–H and O–H groups in total. The summed E-state index contributed by atoms with van der Waals surface area (Å²) in [7, 11) is 0. The number of rotatable bonds is 12. The van der Waals surface area contributed by atoms with E-state index in [2.05, 4.69) is 17.6 Å². The Labute approximate surface area is 128 Å². The van der Waals surface area contributed by atoms with E-state index < -0.39 is 6.35 Å². The van der Waals surface area contributed by atoms with Crippen LogP contribution in [0.1, 0.15) is 52.4 Å². The van der Waals surface area contributed by atoms with Gasteiger partial charge in [0.25, 0.3) is 0 Å². The molecule has 4 heteroatoms. The van der Waals surface area contributed by atoms with Gasteiger partial charge in [0.05, 0.1) is 6.61 Å². The quantitative estimate of drug-likeness (QED) is 0.406. The molecule has 0 aliphatic heterocycles. The number of ether oxygens (including phenoxy) is 1. The molecule has 1 aromatic rings. The van der Waals surface area contributed by atoms with Crippen molar-refractivity contribution < 1.29 is 9.84 Å². The molecule has 0 saturated carbocycles. The summed E-state index contributed by atoms with van der Waals surface area (Å²) in [4.78, 5) is 0. The largest absolute Gasteiger partial charge is 0.494 e. The van der Waals surface area contributed by atoms with Crippen molar-refractivity contribution in [3.63, 3.8) is 0 Å². The third-order valence-electron chi connectivity index (χ3n) is 3.34. The van der Waals surface area contributed by atoms with Gasteiger partial charge in [0.1, 0.15) is 5.75 Å². The molecule has 0 aliphatic carbocycles. The van der Waals surface area contributed by atoms with Crippen LogP contribution in [-0.4, -0.2) is 24.6 Å². The second-order valence-electron chi connectivity index (χ2n) is 5.23. The molecule has 1 aromatic carbocycles. The Bertz CT molecular complexity index is 354. The molecular formula is C17H30N2O2. The molecule has 21 heavy (non-hydrogen) atoms. The van der Waals surface area contributed by atoms with Gasteiger partial charge in [0.2, 0.25) is 0 Å². The zero-order valence-electron chi connectivity index (χ0n) is 13.4. The van der Waals surface area contributed by atoms with Crippen LogP contribution in [0.4, 0.5) is 5.69 Å². The Morgan fingerprint density at radius 2 is 1.67 bits per heavy atom. The molecule has 4 nitrogen and oxygen atoms in total. The number of aliphatic hydroxyl groups excluding tert-OH is 1. The molecule has 0 saturated heterocycles. The van der Waals surface area contributed by atoms with E-state index in [1.807, 2.05) is 31.2 Å². The maximum Gasteiger partial charge on any atom is 0.181 e. The maximum atomic E-state index is 9.86. The van der Waals surface area contributed by atoms with Gasteiger partial charge in [0, 0.05) is 5.69 Å². The lowest BCUT2D eigenvalue weighted by Crippen LogP contribution is -2.36. The number of nitrogens with one attached hydrogen (secondary N) is 2. The number of unbranched alkanes of at least 4 members (excludes halogenated alkanes) is 5. The van der Waals surface area contributed by atoms with Crippen LogP contribution in [0.25, 0.3) is 0 Å². The van der Waals surface area contributed by atoms with Crippen LogP contribution in [0.2, 0.25) is 0 Å². The highest BCUT2D eigenvalue weighted by molar-refractivity contribution is 5.46. The van der Waals surface area contributed by atoms with E-state index >= 15 is 0 Å². The summed E-state index contributed by atoms with van der Waals surface area (Å²) in [5, 5.41) is 15.9. The lowest BCUT2D eigenvalue weighted by molar-refractivity contribution is 0.165. The lowest BCUT2D eigenvalue weighted by Gasteiger charge is -2.16. The van der Waals surface area contributed by atoms with Crippen molar-refractivity contribution in [2.75, 3.05) is 18.5 Å². The molecular weight excluding hydrogens is 264 g/mol. The van der Waals surface area contributed by atoms with Gasteiger partial charge < -0.3 is 15.2 Å². The van der Waals surface area contributed by atoms with Crippen LogP contribution in [-0.2, 0) is 0 Å². The van der Waals surface area contributed by atoms with Crippen LogP contribution in [0, 0.1) is 0 Å². The maximum absolute atomic E-state index is 9.86. The molecule has 1 unspecified atom stereocenters. The average molecular weight is 294 g/mol. The van der Waals surface area contributed by atoms with E-state index in [-0.39, 0.29) is 0 Å². The predicted octanol–water partition coefficient (Wildman–Crippen LogP) is 3.72. The third-order valence-corrected chi connectivity index (χ3v) is 3.34. The SMILES string of the molecule is CCCCCCCCNC(O)Nc1ccc(OCC)cc1. The van der Waals surface area contributed by atoms with Crippen molar-refractivity contribution >= 4 is 5.69 Å². The van der Waals surface area contributed by atoms with Crippen molar-refractivity contribution in [1.29, 1.82) is 0 Å². The molecule has 0 bridgehead atoms. The molecule has 120 valence electrons. The summed E-state index contributed by atoms with van der Waals surface area (Å²) < 4.78 is 5.38. The summed E-state index contributed by atoms with van der Waals surface area (Å²) in [5.41, 5.74) is 0.876. The van der Waals surface area contributed by atoms with E-state index in [0.29, 0.717) is 6.61 Å². The highest BCUT2D eigenvalue weighted by Gasteiger charge is 2.02. The van der Waals surface area contributed by atoms with Gasteiger partial charge in [-0.25, -0.2) is 0 Å². The molecule has 0 spiro atoms. The fourth-order valence-corrected chi connectivity index (χ4v) is 2.17. The van der Waals surface area contributed by atoms with E-state index in [4.69, 9.17) is 4.74 Å². The van der Waals surface area contributed by atoms with Crippen molar-refractivity contribution in [2.45, 2.75) is 58.7 Å². The zero-order valence-corrected chi connectivity index (χ0v) is 13.4. The molecule has 1 rings (SSSR count). The van der Waals surface area contributed by atoms with Crippen molar-refractivity contribution in [3.8, 4) is 5.75 Å². The van der Waals surface area contributed by atoms with E-state index in [1.165, 1.54) is 32.1 Å². The van der Waals surface area contributed by atoms with Gasteiger partial charge in [-0.1, -0.05) is 39.0 Å². The predicted molar refractivity (Wildman–Crippen MR) is 88.6 cm³/mol. The molecule has 0 radical (unpaired) electrons. The Morgan fingerprint density at radius 3 is 2.33 bits per heavy atom. The fraction of sp³-hybridized carbons (Fsp3) is 0.647. The van der Waals surface area contributed by atoms with Gasteiger partial charge in [-0.3, -0.25) is 5.32 Å². The minimum Gasteiger partial charge on any atom is -0.494 e. The highest BCUT2D eigenvalue weighted by atomic mass is 16.5. The van der Waals surface area contributed by atoms with Crippen molar-refractivity contribution in [2.24, 2.45) is 0 Å². The molecule has 0 fully saturated rings. The summed E-state index contributed by atoms with van der Waals surface area (Å²) in [6.45, 7) is 5.68. The number of benzene rings is 1. The summed E-state index contributed by atoms with van der Waals surface area (Å²) in [5.74, 6) is 0.845. The second kappa shape index (κ2) is 11.4. The normalized spacial score (nSPS) is 12.1. The first-order valence-corrected chi connectivity index (χ1v) is 8.17. The molecule has 1 atom stereocenters. The Hall–Kier alpha value is -1.26. The first-order chi connectivity index (χ1) is 10.3. The third kappa shape index (κ3) is 8.58. The topological polar surface area (TPSA) is 53.5 Å². The second-order valence-corrected chi connectivity index (χ2v) is 5.23. The van der Waals surface area contributed by atoms with Gasteiger partial charge >= 0.3 is 0 Å². The van der Waals surface area contributed by atoms with Gasteiger partial charge in [-0.05, 0) is 44.2 Å². The zero-order chi connectivity index (χ0) is 15.3. The van der Waals surface area contributed by atoms with E-state index in [0.717, 1.165) is 24.4 Å². The standard InChI is InChI=1S/C17H30N2O2/c1-3-5-6-7-8-9-14-18-17(20)19-15-10-12-16(13-11-15)21-4-2/h10-13,17-20H,3-9,14H2,1-2H3. The summed E-state index contributed by atoms with van der Waals surface area (Å²) in [6.07, 6.45) is 6.84. The van der Waals surface area contributed by atoms with Gasteiger partial charge in [-0.2, -0.15) is 0 Å². The average Bonchev–Trinajstić information content (AvgIpc) is 2.49. The van der Waals surface area contributed by atoms with Crippen molar-refractivity contribution in [1.82, 2.24) is 5.32 Å². The number of hydrogen-bond donors (Lipinski definition) is 3. The monoisotopic (exact) mass is 294 g/mol. The molecule has 0 heterocycles. The number of hydrogen-bond acceptors (Lipinski definition) is 4. The first-order valence-electron chi connectivity index (χ1n) is 8.17. The Morgan fingerprint density at radius 1 is 1.00 bits per heavy atom. The molecule has 0 aromatic heterocycles. The minimum absolute atomic E-state index is 0.662. The minimum atomic E-state index is -0.710. The highest BCUT2D eigenvalue weighted by Crippen LogP contribution is 2.15.